The van der Waals surface area contributed by atoms with Crippen molar-refractivity contribution in [1.82, 2.24) is 21.0 Å². The van der Waals surface area contributed by atoms with E-state index in [4.69, 9.17) is 0 Å². The highest BCUT2D eigenvalue weighted by Gasteiger charge is 2.52. The molecule has 0 bridgehead atoms. The van der Waals surface area contributed by atoms with Crippen molar-refractivity contribution in [3.8, 4) is 0 Å². The predicted molar refractivity (Wildman–Crippen MR) is 36.6 cm³/mol. The maximum absolute atomic E-state index is 10.9. The van der Waals surface area contributed by atoms with Crippen molar-refractivity contribution in [3.05, 3.63) is 10.1 Å². The molecule has 0 spiro atoms. The SMILES string of the molecule is O=C1N[C@H]2NC(=O)N([N+](=O)[O-])[C@H]2N1. The largest absolute Gasteiger partial charge is 0.379 e. The third-order valence-electron chi connectivity index (χ3n) is 1.81. The van der Waals surface area contributed by atoms with E-state index in [0.29, 0.717) is 5.01 Å². The average Bonchev–Trinajstić information content (AvgIpc) is 2.41. The van der Waals surface area contributed by atoms with Gasteiger partial charge in [-0.05, 0) is 5.01 Å². The lowest BCUT2D eigenvalue weighted by molar-refractivity contribution is -0.638. The first kappa shape index (κ1) is 7.58. The van der Waals surface area contributed by atoms with Crippen LogP contribution in [0.4, 0.5) is 9.59 Å². The van der Waals surface area contributed by atoms with Crippen molar-refractivity contribution in [2.75, 3.05) is 0 Å². The Morgan fingerprint density at radius 3 is 2.62 bits per heavy atom. The molecule has 2 rings (SSSR count). The fraction of sp³-hybridized carbons (Fsp3) is 0.500. The summed E-state index contributed by atoms with van der Waals surface area (Å²) in [5.74, 6) is 0. The van der Waals surface area contributed by atoms with E-state index in [1.807, 2.05) is 0 Å². The van der Waals surface area contributed by atoms with E-state index in [0.717, 1.165) is 0 Å². The van der Waals surface area contributed by atoms with Crippen LogP contribution < -0.4 is 16.0 Å². The molecule has 2 saturated heterocycles. The van der Waals surface area contributed by atoms with Crippen molar-refractivity contribution in [1.29, 1.82) is 0 Å². The monoisotopic (exact) mass is 187 g/mol. The Kier molecular flexibility index (Phi) is 1.29. The zero-order valence-electron chi connectivity index (χ0n) is 6.18. The molecule has 4 amide bonds. The molecular formula is C4H5N5O4. The number of nitrogens with one attached hydrogen (secondary N) is 3. The maximum Gasteiger partial charge on any atom is 0.379 e. The van der Waals surface area contributed by atoms with Gasteiger partial charge in [0.2, 0.25) is 6.17 Å². The minimum absolute atomic E-state index is 0.336. The number of nitro groups is 1. The summed E-state index contributed by atoms with van der Waals surface area (Å²) >= 11 is 0. The Labute approximate surface area is 71.2 Å². The lowest BCUT2D eigenvalue weighted by Gasteiger charge is -2.09. The molecule has 0 unspecified atom stereocenters. The molecule has 2 aliphatic heterocycles. The molecule has 13 heavy (non-hydrogen) atoms. The van der Waals surface area contributed by atoms with E-state index in [9.17, 15) is 19.7 Å². The van der Waals surface area contributed by atoms with Gasteiger partial charge in [0.15, 0.2) is 11.2 Å². The van der Waals surface area contributed by atoms with Gasteiger partial charge in [-0.2, -0.15) is 0 Å². The van der Waals surface area contributed by atoms with Crippen LogP contribution in [0, 0.1) is 10.1 Å². The zero-order valence-corrected chi connectivity index (χ0v) is 6.18. The topological polar surface area (TPSA) is 117 Å². The molecule has 70 valence electrons. The first-order valence-corrected chi connectivity index (χ1v) is 3.40. The molecule has 0 aliphatic carbocycles. The normalized spacial score (nSPS) is 30.6. The molecule has 0 saturated carbocycles. The first-order chi connectivity index (χ1) is 6.09. The van der Waals surface area contributed by atoms with Gasteiger partial charge in [0.05, 0.1) is 0 Å². The van der Waals surface area contributed by atoms with Crippen LogP contribution >= 0.6 is 0 Å². The van der Waals surface area contributed by atoms with Crippen molar-refractivity contribution < 1.29 is 14.6 Å². The molecule has 2 aliphatic rings. The second kappa shape index (κ2) is 2.21. The van der Waals surface area contributed by atoms with Crippen LogP contribution in [0.25, 0.3) is 0 Å². The highest BCUT2D eigenvalue weighted by molar-refractivity contribution is 5.83. The number of urea groups is 2. The summed E-state index contributed by atoms with van der Waals surface area (Å²) < 4.78 is 0. The number of rotatable bonds is 1. The number of fused-ring (bicyclic) bond motifs is 1. The highest BCUT2D eigenvalue weighted by atomic mass is 16.7. The van der Waals surface area contributed by atoms with Gasteiger partial charge < -0.3 is 16.0 Å². The Balaban J connectivity index is 2.24. The molecular weight excluding hydrogens is 182 g/mol. The summed E-state index contributed by atoms with van der Waals surface area (Å²) in [5.41, 5.74) is 0. The summed E-state index contributed by atoms with van der Waals surface area (Å²) in [6.07, 6.45) is -1.68. The van der Waals surface area contributed by atoms with Crippen LogP contribution in [-0.4, -0.2) is 34.4 Å². The molecule has 3 N–H and O–H groups in total. The molecule has 2 heterocycles. The van der Waals surface area contributed by atoms with Crippen molar-refractivity contribution in [2.45, 2.75) is 12.3 Å². The van der Waals surface area contributed by atoms with Gasteiger partial charge in [-0.15, -0.1) is 0 Å². The van der Waals surface area contributed by atoms with Crippen molar-refractivity contribution in [3.63, 3.8) is 0 Å². The summed E-state index contributed by atoms with van der Waals surface area (Å²) in [6, 6.07) is -1.38. The van der Waals surface area contributed by atoms with Gasteiger partial charge in [-0.1, -0.05) is 0 Å². The van der Waals surface area contributed by atoms with Gasteiger partial charge in [0.25, 0.3) is 0 Å². The smallest absolute Gasteiger partial charge is 0.314 e. The Morgan fingerprint density at radius 2 is 2.00 bits per heavy atom. The Morgan fingerprint density at radius 1 is 1.31 bits per heavy atom. The van der Waals surface area contributed by atoms with Crippen LogP contribution in [0.3, 0.4) is 0 Å². The Bertz CT molecular complexity index is 303. The van der Waals surface area contributed by atoms with Gasteiger partial charge in [0.1, 0.15) is 0 Å². The fourth-order valence-corrected chi connectivity index (χ4v) is 1.30. The van der Waals surface area contributed by atoms with Gasteiger partial charge in [0, 0.05) is 0 Å². The molecule has 0 aromatic carbocycles. The number of amides is 4. The molecule has 2 fully saturated rings. The molecule has 0 aromatic heterocycles. The molecule has 2 atom stereocenters. The van der Waals surface area contributed by atoms with Crippen LogP contribution in [0.5, 0.6) is 0 Å². The van der Waals surface area contributed by atoms with Crippen molar-refractivity contribution in [2.24, 2.45) is 0 Å². The van der Waals surface area contributed by atoms with E-state index in [1.54, 1.807) is 0 Å². The number of carbonyl (C=O) groups excluding carboxylic acids is 2. The van der Waals surface area contributed by atoms with Gasteiger partial charge in [-0.3, -0.25) is 0 Å². The number of hydrazine groups is 1. The summed E-state index contributed by atoms with van der Waals surface area (Å²) in [5, 5.41) is 16.6. The number of carbonyl (C=O) groups is 2. The first-order valence-electron chi connectivity index (χ1n) is 3.40. The maximum atomic E-state index is 10.9. The predicted octanol–water partition coefficient (Wildman–Crippen LogP) is -1.83. The second-order valence-corrected chi connectivity index (χ2v) is 2.57. The van der Waals surface area contributed by atoms with Crippen LogP contribution in [0.2, 0.25) is 0 Å². The molecule has 9 nitrogen and oxygen atoms in total. The van der Waals surface area contributed by atoms with Crippen LogP contribution in [-0.2, 0) is 0 Å². The van der Waals surface area contributed by atoms with E-state index < -0.39 is 29.4 Å². The number of nitrogens with zero attached hydrogens (tertiary/aromatic N) is 2. The highest BCUT2D eigenvalue weighted by Crippen LogP contribution is 2.12. The minimum atomic E-state index is -0.949. The lowest BCUT2D eigenvalue weighted by atomic mass is 10.4. The van der Waals surface area contributed by atoms with E-state index >= 15 is 0 Å². The average molecular weight is 187 g/mol. The fourth-order valence-electron chi connectivity index (χ4n) is 1.30. The molecule has 0 radical (unpaired) electrons. The van der Waals surface area contributed by atoms with Crippen LogP contribution in [0.15, 0.2) is 0 Å². The van der Waals surface area contributed by atoms with Crippen molar-refractivity contribution >= 4 is 12.1 Å². The standard InChI is InChI=1S/C4H5N5O4/c10-3-5-1-2(7-3)8(9(12)13)4(11)6-1/h1-2H,(H,6,11)(H2,5,7,10)/t1-,2+/m0/s1. The molecule has 9 heteroatoms. The number of hydrogen-bond acceptors (Lipinski definition) is 4. The number of hydrogen-bond donors (Lipinski definition) is 3. The second-order valence-electron chi connectivity index (χ2n) is 2.57. The van der Waals surface area contributed by atoms with Gasteiger partial charge in [-0.25, -0.2) is 19.7 Å². The third kappa shape index (κ3) is 0.931. The molecule has 0 aromatic rings. The summed E-state index contributed by atoms with van der Waals surface area (Å²) in [4.78, 5) is 32.0. The van der Waals surface area contributed by atoms with E-state index in [-0.39, 0.29) is 0 Å². The quantitative estimate of drug-likeness (QED) is 0.330. The lowest BCUT2D eigenvalue weighted by Crippen LogP contribution is -2.46. The zero-order chi connectivity index (χ0) is 9.59. The van der Waals surface area contributed by atoms with Crippen LogP contribution in [0.1, 0.15) is 0 Å². The van der Waals surface area contributed by atoms with E-state index in [1.165, 1.54) is 0 Å². The summed E-state index contributed by atoms with van der Waals surface area (Å²) in [6.45, 7) is 0. The minimum Gasteiger partial charge on any atom is -0.314 e. The Hall–Kier alpha value is -2.06. The van der Waals surface area contributed by atoms with E-state index in [2.05, 4.69) is 16.0 Å². The third-order valence-corrected chi connectivity index (χ3v) is 1.81. The van der Waals surface area contributed by atoms with Gasteiger partial charge >= 0.3 is 12.1 Å². The summed E-state index contributed by atoms with van der Waals surface area (Å²) in [7, 11) is 0.